The Hall–Kier alpha value is -6.00. The van der Waals surface area contributed by atoms with Gasteiger partial charge in [0.05, 0.1) is 10.5 Å². The molecule has 0 bridgehead atoms. The lowest BCUT2D eigenvalue weighted by Crippen LogP contribution is -1.99. The summed E-state index contributed by atoms with van der Waals surface area (Å²) in [5.74, 6) is -8.51. The molecule has 44 heavy (non-hydrogen) atoms. The molecule has 0 unspecified atom stereocenters. The molecule has 0 N–H and O–H groups in total. The largest absolute Gasteiger partial charge is 0.206 e. The summed E-state index contributed by atoms with van der Waals surface area (Å²) in [7, 11) is 0. The van der Waals surface area contributed by atoms with E-state index in [2.05, 4.69) is 15.0 Å². The van der Waals surface area contributed by atoms with Gasteiger partial charge < -0.3 is 0 Å². The van der Waals surface area contributed by atoms with Crippen LogP contribution >= 0.6 is 0 Å². The van der Waals surface area contributed by atoms with Gasteiger partial charge in [-0.05, 0) is 92.3 Å². The van der Waals surface area contributed by atoms with Crippen LogP contribution in [0.4, 0.5) is 26.3 Å². The van der Waals surface area contributed by atoms with E-state index in [4.69, 9.17) is 6.57 Å². The second-order valence-electron chi connectivity index (χ2n) is 10.1. The van der Waals surface area contributed by atoms with E-state index in [1.165, 1.54) is 0 Å². The maximum Gasteiger partial charge on any atom is 0.206 e. The van der Waals surface area contributed by atoms with Gasteiger partial charge in [0.15, 0.2) is 40.3 Å². The Morgan fingerprint density at radius 2 is 0.909 bits per heavy atom. The van der Waals surface area contributed by atoms with Gasteiger partial charge in [-0.1, -0.05) is 24.3 Å². The lowest BCUT2D eigenvalue weighted by Gasteiger charge is -2.04. The number of hydrogen-bond donors (Lipinski definition) is 0. The lowest BCUT2D eigenvalue weighted by molar-refractivity contribution is 0.447. The summed E-state index contributed by atoms with van der Waals surface area (Å²) < 4.78 is 83.1. The number of hydrogen-bond acceptors (Lipinski definition) is 3. The summed E-state index contributed by atoms with van der Waals surface area (Å²) in [4.78, 5) is 7.26. The average Bonchev–Trinajstić information content (AvgIpc) is 3.48. The summed E-state index contributed by atoms with van der Waals surface area (Å²) in [6, 6.07) is 16.9. The number of rotatable bonds is 2. The van der Waals surface area contributed by atoms with E-state index in [1.807, 2.05) is 0 Å². The molecule has 10 heteroatoms. The van der Waals surface area contributed by atoms with Gasteiger partial charge in [-0.25, -0.2) is 26.3 Å². The van der Waals surface area contributed by atoms with Crippen LogP contribution in [0.15, 0.2) is 82.9 Å². The predicted molar refractivity (Wildman–Crippen MR) is 153 cm³/mol. The second kappa shape index (κ2) is 9.79. The van der Waals surface area contributed by atoms with Gasteiger partial charge in [-0.2, -0.15) is 16.8 Å². The van der Waals surface area contributed by atoms with Crippen LogP contribution in [0, 0.1) is 52.9 Å². The SMILES string of the molecule is [C-]#[N+]/N=c1/c2cc(-c3cc(F)c(F)c(F)c3)ccc2c2cc3c(=NC#N)c4cc(-c5cc(F)c(F)c(F)c5)ccc4c3cc12. The van der Waals surface area contributed by atoms with Crippen LogP contribution < -0.4 is 10.7 Å². The van der Waals surface area contributed by atoms with Gasteiger partial charge in [0, 0.05) is 21.5 Å². The Labute approximate surface area is 243 Å². The number of fused-ring (bicyclic) bond motifs is 6. The molecule has 0 amide bonds. The van der Waals surface area contributed by atoms with E-state index < -0.39 is 34.9 Å². The highest BCUT2D eigenvalue weighted by molar-refractivity contribution is 6.21. The van der Waals surface area contributed by atoms with Crippen LogP contribution in [0.5, 0.6) is 0 Å². The maximum atomic E-state index is 14.0. The lowest BCUT2D eigenvalue weighted by atomic mass is 10.0. The Bertz CT molecular complexity index is 2370. The van der Waals surface area contributed by atoms with Gasteiger partial charge in [0.2, 0.25) is 6.19 Å². The Morgan fingerprint density at radius 1 is 0.500 bits per heavy atom. The highest BCUT2D eigenvalue weighted by Crippen LogP contribution is 2.36. The van der Waals surface area contributed by atoms with Gasteiger partial charge in [0.25, 0.3) is 0 Å². The quantitative estimate of drug-likeness (QED) is 0.0656. The van der Waals surface area contributed by atoms with Crippen molar-refractivity contribution in [1.82, 2.24) is 0 Å². The van der Waals surface area contributed by atoms with Crippen molar-refractivity contribution in [2.45, 2.75) is 0 Å². The fourth-order valence-electron chi connectivity index (χ4n) is 5.81. The summed E-state index contributed by atoms with van der Waals surface area (Å²) in [5, 5.41) is 18.9. The zero-order valence-electron chi connectivity index (χ0n) is 22.0. The summed E-state index contributed by atoms with van der Waals surface area (Å²) in [6.45, 7) is 7.42. The predicted octanol–water partition coefficient (Wildman–Crippen LogP) is 8.46. The minimum absolute atomic E-state index is 0.0936. The zero-order chi connectivity index (χ0) is 30.9. The van der Waals surface area contributed by atoms with Crippen molar-refractivity contribution < 1.29 is 26.3 Å². The minimum Gasteiger partial charge on any atom is -0.204 e. The molecule has 4 nitrogen and oxygen atoms in total. The molecular weight excluding hydrogens is 578 g/mol. The molecule has 7 rings (SSSR count). The standard InChI is InChI=1S/C34H12F6N4/c1-42-44-34-24-7-16(18-10-29(37)32(40)30(38)11-18)3-5-20(24)22-12-25-21(13-26(22)34)19-4-2-15(6-23(19)33(25)43-14-41)17-8-27(35)31(39)28(36)9-17/h2-13H/b43-33?,44-34-. The molecule has 0 spiro atoms. The van der Waals surface area contributed by atoms with E-state index in [-0.39, 0.29) is 11.1 Å². The fraction of sp³-hybridized carbons (Fsp3) is 0. The molecule has 0 heterocycles. The third-order valence-electron chi connectivity index (χ3n) is 7.74. The molecule has 0 aliphatic heterocycles. The summed E-state index contributed by atoms with van der Waals surface area (Å²) in [5.41, 5.74) is 0.933. The number of benzene rings is 5. The number of halogens is 6. The maximum absolute atomic E-state index is 14.0. The number of nitriles is 1. The first kappa shape index (κ1) is 26.9. The molecule has 7 aromatic rings. The Balaban J connectivity index is 1.52. The molecule has 0 aromatic heterocycles. The molecule has 0 fully saturated rings. The van der Waals surface area contributed by atoms with E-state index in [0.717, 1.165) is 24.3 Å². The summed E-state index contributed by atoms with van der Waals surface area (Å²) in [6.07, 6.45) is 1.80. The molecule has 0 saturated carbocycles. The average molecular weight is 590 g/mol. The topological polar surface area (TPSA) is 52.9 Å². The third kappa shape index (κ3) is 3.92. The van der Waals surface area contributed by atoms with Gasteiger partial charge in [0.1, 0.15) is 0 Å². The first-order valence-electron chi connectivity index (χ1n) is 12.9. The zero-order valence-corrected chi connectivity index (χ0v) is 22.0. The van der Waals surface area contributed by atoms with Crippen LogP contribution in [0.2, 0.25) is 0 Å². The molecule has 0 radical (unpaired) electrons. The molecule has 7 aromatic carbocycles. The highest BCUT2D eigenvalue weighted by atomic mass is 19.2. The van der Waals surface area contributed by atoms with Crippen LogP contribution in [0.3, 0.4) is 0 Å². The molecule has 0 atom stereocenters. The van der Waals surface area contributed by atoms with Crippen molar-refractivity contribution in [3.8, 4) is 28.4 Å². The van der Waals surface area contributed by atoms with Crippen molar-refractivity contribution in [2.24, 2.45) is 10.1 Å². The van der Waals surface area contributed by atoms with Crippen LogP contribution in [0.25, 0.3) is 70.3 Å². The van der Waals surface area contributed by atoms with E-state index >= 15 is 0 Å². The Morgan fingerprint density at radius 3 is 1.34 bits per heavy atom. The van der Waals surface area contributed by atoms with Crippen LogP contribution in [-0.2, 0) is 0 Å². The van der Waals surface area contributed by atoms with Crippen LogP contribution in [-0.4, -0.2) is 0 Å². The highest BCUT2D eigenvalue weighted by Gasteiger charge is 2.19. The van der Waals surface area contributed by atoms with E-state index in [9.17, 15) is 31.6 Å². The fourth-order valence-corrected chi connectivity index (χ4v) is 5.81. The van der Waals surface area contributed by atoms with Gasteiger partial charge >= 0.3 is 0 Å². The van der Waals surface area contributed by atoms with Crippen molar-refractivity contribution >= 4 is 43.1 Å². The van der Waals surface area contributed by atoms with Crippen molar-refractivity contribution in [1.29, 1.82) is 5.26 Å². The molecule has 0 saturated heterocycles. The Kier molecular flexibility index (Phi) is 5.98. The minimum atomic E-state index is -1.58. The second-order valence-corrected chi connectivity index (χ2v) is 10.1. The molecule has 0 aliphatic carbocycles. The first-order valence-corrected chi connectivity index (χ1v) is 12.9. The van der Waals surface area contributed by atoms with E-state index in [0.29, 0.717) is 64.9 Å². The molecular formula is C34H12F6N4. The van der Waals surface area contributed by atoms with Gasteiger partial charge in [-0.15, -0.1) is 4.95 Å². The normalized spacial score (nSPS) is 12.5. The van der Waals surface area contributed by atoms with Crippen molar-refractivity contribution in [3.05, 3.63) is 130 Å². The van der Waals surface area contributed by atoms with Crippen molar-refractivity contribution in [2.75, 3.05) is 0 Å². The molecule has 0 aliphatic rings. The monoisotopic (exact) mass is 590 g/mol. The van der Waals surface area contributed by atoms with Crippen molar-refractivity contribution in [3.63, 3.8) is 0 Å². The summed E-state index contributed by atoms with van der Waals surface area (Å²) >= 11 is 0. The smallest absolute Gasteiger partial charge is 0.204 e. The van der Waals surface area contributed by atoms with E-state index in [1.54, 1.807) is 54.7 Å². The molecule has 210 valence electrons. The van der Waals surface area contributed by atoms with Gasteiger partial charge in [-0.3, -0.25) is 0 Å². The first-order chi connectivity index (χ1) is 21.2. The third-order valence-corrected chi connectivity index (χ3v) is 7.74. The number of nitrogens with zero attached hydrogens (tertiary/aromatic N) is 4. The van der Waals surface area contributed by atoms with Crippen LogP contribution in [0.1, 0.15) is 0 Å².